The summed E-state index contributed by atoms with van der Waals surface area (Å²) in [6, 6.07) is 11.9. The third-order valence-corrected chi connectivity index (χ3v) is 5.09. The second kappa shape index (κ2) is 8.31. The molecule has 1 unspecified atom stereocenters. The Morgan fingerprint density at radius 3 is 3.00 bits per heavy atom. The average Bonchev–Trinajstić information content (AvgIpc) is 3.31. The van der Waals surface area contributed by atoms with Gasteiger partial charge in [-0.05, 0) is 49.0 Å². The number of ether oxygens (including phenoxy) is 1. The molecular formula is C19H24N2O2S. The first-order valence-corrected chi connectivity index (χ1v) is 9.43. The van der Waals surface area contributed by atoms with Gasteiger partial charge in [-0.15, -0.1) is 11.3 Å². The van der Waals surface area contributed by atoms with Crippen molar-refractivity contribution in [1.82, 2.24) is 10.2 Å². The number of nitrogens with zero attached hydrogens (tertiary/aromatic N) is 1. The summed E-state index contributed by atoms with van der Waals surface area (Å²) in [7, 11) is 0. The van der Waals surface area contributed by atoms with Gasteiger partial charge in [0, 0.05) is 29.6 Å². The number of hydrogen-bond donors (Lipinski definition) is 1. The molecule has 2 aromatic rings. The van der Waals surface area contributed by atoms with E-state index in [2.05, 4.69) is 18.3 Å². The van der Waals surface area contributed by atoms with E-state index in [4.69, 9.17) is 4.74 Å². The van der Waals surface area contributed by atoms with Crippen molar-refractivity contribution in [3.05, 3.63) is 52.2 Å². The Hall–Kier alpha value is -1.85. The summed E-state index contributed by atoms with van der Waals surface area (Å²) < 4.78 is 5.83. The van der Waals surface area contributed by atoms with Crippen molar-refractivity contribution in [2.24, 2.45) is 0 Å². The van der Waals surface area contributed by atoms with Gasteiger partial charge in [0.1, 0.15) is 12.4 Å². The van der Waals surface area contributed by atoms with Crippen molar-refractivity contribution in [3.8, 4) is 5.75 Å². The summed E-state index contributed by atoms with van der Waals surface area (Å²) in [5.41, 5.74) is 0.707. The number of hydrogen-bond acceptors (Lipinski definition) is 4. The highest BCUT2D eigenvalue weighted by Crippen LogP contribution is 2.20. The number of carbonyl (C=O) groups excluding carboxylic acids is 1. The van der Waals surface area contributed by atoms with Crippen LogP contribution in [-0.4, -0.2) is 36.5 Å². The maximum Gasteiger partial charge on any atom is 0.254 e. The normalized spacial score (nSPS) is 17.0. The van der Waals surface area contributed by atoms with Crippen LogP contribution in [0.25, 0.3) is 0 Å². The van der Waals surface area contributed by atoms with E-state index in [1.54, 1.807) is 11.3 Å². The molecule has 0 radical (unpaired) electrons. The molecule has 3 rings (SSSR count). The number of rotatable bonds is 7. The molecule has 0 bridgehead atoms. The Labute approximate surface area is 147 Å². The summed E-state index contributed by atoms with van der Waals surface area (Å²) in [5.74, 6) is 0.849. The van der Waals surface area contributed by atoms with Gasteiger partial charge in [-0.3, -0.25) is 4.79 Å². The molecule has 1 aliphatic rings. The zero-order chi connectivity index (χ0) is 16.8. The zero-order valence-electron chi connectivity index (χ0n) is 14.0. The van der Waals surface area contributed by atoms with Crippen LogP contribution >= 0.6 is 11.3 Å². The molecule has 1 fully saturated rings. The smallest absolute Gasteiger partial charge is 0.254 e. The van der Waals surface area contributed by atoms with Crippen LogP contribution in [0.15, 0.2) is 41.8 Å². The van der Waals surface area contributed by atoms with Crippen LogP contribution in [0.5, 0.6) is 5.75 Å². The SMILES string of the molecule is CCCN(C(=O)c1cccc(OCc2cccs2)c1)C1CCNC1. The fourth-order valence-electron chi connectivity index (χ4n) is 3.03. The third-order valence-electron chi connectivity index (χ3n) is 4.24. The van der Waals surface area contributed by atoms with Crippen LogP contribution in [0.1, 0.15) is 35.0 Å². The minimum Gasteiger partial charge on any atom is -0.488 e. The number of nitrogens with one attached hydrogen (secondary N) is 1. The molecule has 24 heavy (non-hydrogen) atoms. The Morgan fingerprint density at radius 1 is 1.38 bits per heavy atom. The second-order valence-corrected chi connectivity index (χ2v) is 7.07. The lowest BCUT2D eigenvalue weighted by molar-refractivity contribution is 0.0691. The molecule has 0 aliphatic carbocycles. The third kappa shape index (κ3) is 4.16. The first-order valence-electron chi connectivity index (χ1n) is 8.55. The van der Waals surface area contributed by atoms with E-state index in [9.17, 15) is 4.79 Å². The van der Waals surface area contributed by atoms with E-state index in [0.717, 1.165) is 38.2 Å². The lowest BCUT2D eigenvalue weighted by atomic mass is 10.1. The second-order valence-electron chi connectivity index (χ2n) is 6.04. The molecule has 4 nitrogen and oxygen atoms in total. The topological polar surface area (TPSA) is 41.6 Å². The summed E-state index contributed by atoms with van der Waals surface area (Å²) in [6.45, 7) is 5.33. The van der Waals surface area contributed by atoms with E-state index < -0.39 is 0 Å². The van der Waals surface area contributed by atoms with Crippen molar-refractivity contribution in [2.45, 2.75) is 32.4 Å². The maximum absolute atomic E-state index is 13.0. The van der Waals surface area contributed by atoms with Crippen LogP contribution in [0, 0.1) is 0 Å². The quantitative estimate of drug-likeness (QED) is 0.835. The predicted molar refractivity (Wildman–Crippen MR) is 97.7 cm³/mol. The van der Waals surface area contributed by atoms with Crippen LogP contribution in [0.2, 0.25) is 0 Å². The van der Waals surface area contributed by atoms with Gasteiger partial charge in [-0.25, -0.2) is 0 Å². The van der Waals surface area contributed by atoms with Gasteiger partial charge in [0.05, 0.1) is 0 Å². The minimum absolute atomic E-state index is 0.104. The number of thiophene rings is 1. The van der Waals surface area contributed by atoms with Gasteiger partial charge >= 0.3 is 0 Å². The maximum atomic E-state index is 13.0. The fourth-order valence-corrected chi connectivity index (χ4v) is 3.65. The molecule has 2 heterocycles. The number of benzene rings is 1. The first-order chi connectivity index (χ1) is 11.8. The monoisotopic (exact) mass is 344 g/mol. The minimum atomic E-state index is 0.104. The van der Waals surface area contributed by atoms with Gasteiger partial charge in [0.2, 0.25) is 0 Å². The van der Waals surface area contributed by atoms with Gasteiger partial charge in [-0.1, -0.05) is 19.1 Å². The highest BCUT2D eigenvalue weighted by atomic mass is 32.1. The molecule has 5 heteroatoms. The van der Waals surface area contributed by atoms with E-state index in [0.29, 0.717) is 18.2 Å². The lowest BCUT2D eigenvalue weighted by Crippen LogP contribution is -2.42. The van der Waals surface area contributed by atoms with Crippen LogP contribution in [-0.2, 0) is 6.61 Å². The molecular weight excluding hydrogens is 320 g/mol. The van der Waals surface area contributed by atoms with Crippen molar-refractivity contribution in [2.75, 3.05) is 19.6 Å². The van der Waals surface area contributed by atoms with E-state index >= 15 is 0 Å². The van der Waals surface area contributed by atoms with Crippen molar-refractivity contribution in [3.63, 3.8) is 0 Å². The molecule has 0 spiro atoms. The number of amides is 1. The molecule has 0 saturated carbocycles. The van der Waals surface area contributed by atoms with Gasteiger partial charge < -0.3 is 15.0 Å². The Balaban J connectivity index is 1.70. The van der Waals surface area contributed by atoms with Crippen molar-refractivity contribution in [1.29, 1.82) is 0 Å². The predicted octanol–water partition coefficient (Wildman–Crippen LogP) is 3.54. The number of carbonyl (C=O) groups is 1. The molecule has 1 amide bonds. The largest absolute Gasteiger partial charge is 0.488 e. The van der Waals surface area contributed by atoms with E-state index in [-0.39, 0.29) is 5.91 Å². The molecule has 128 valence electrons. The summed E-state index contributed by atoms with van der Waals surface area (Å²) in [4.78, 5) is 16.1. The molecule has 1 N–H and O–H groups in total. The van der Waals surface area contributed by atoms with Crippen LogP contribution in [0.4, 0.5) is 0 Å². The molecule has 1 atom stereocenters. The standard InChI is InChI=1S/C19H24N2O2S/c1-2-10-21(16-8-9-20-13-16)19(22)15-5-3-6-17(12-15)23-14-18-7-4-11-24-18/h3-7,11-12,16,20H,2,8-10,13-14H2,1H3. The van der Waals surface area contributed by atoms with E-state index in [1.165, 1.54) is 4.88 Å². The average molecular weight is 344 g/mol. The molecule has 1 aromatic heterocycles. The summed E-state index contributed by atoms with van der Waals surface area (Å²) in [5, 5.41) is 5.39. The first kappa shape index (κ1) is 17.0. The van der Waals surface area contributed by atoms with Gasteiger partial charge in [-0.2, -0.15) is 0 Å². The van der Waals surface area contributed by atoms with Gasteiger partial charge in [0.15, 0.2) is 0 Å². The summed E-state index contributed by atoms with van der Waals surface area (Å²) in [6.07, 6.45) is 2.00. The molecule has 1 aromatic carbocycles. The van der Waals surface area contributed by atoms with Crippen molar-refractivity contribution >= 4 is 17.2 Å². The Morgan fingerprint density at radius 2 is 2.29 bits per heavy atom. The molecule has 1 saturated heterocycles. The van der Waals surface area contributed by atoms with E-state index in [1.807, 2.05) is 40.6 Å². The van der Waals surface area contributed by atoms with Crippen LogP contribution < -0.4 is 10.1 Å². The fraction of sp³-hybridized carbons (Fsp3) is 0.421. The van der Waals surface area contributed by atoms with Gasteiger partial charge in [0.25, 0.3) is 5.91 Å². The highest BCUT2D eigenvalue weighted by molar-refractivity contribution is 7.09. The Kier molecular flexibility index (Phi) is 5.88. The zero-order valence-corrected chi connectivity index (χ0v) is 14.8. The van der Waals surface area contributed by atoms with Crippen molar-refractivity contribution < 1.29 is 9.53 Å². The Bertz CT molecular complexity index is 651. The summed E-state index contributed by atoms with van der Waals surface area (Å²) >= 11 is 1.67. The highest BCUT2D eigenvalue weighted by Gasteiger charge is 2.26. The lowest BCUT2D eigenvalue weighted by Gasteiger charge is -2.28. The molecule has 1 aliphatic heterocycles. The van der Waals surface area contributed by atoms with Crippen LogP contribution in [0.3, 0.4) is 0 Å².